The Morgan fingerprint density at radius 3 is 1.39 bits per heavy atom. The monoisotopic (exact) mass is 1100 g/mol. The number of hydrogen-bond acceptors (Lipinski definition) is 14. The average molecular weight is 1100 g/mol. The van der Waals surface area contributed by atoms with Gasteiger partial charge in [-0.1, -0.05) is 25.7 Å². The smallest absolute Gasteiger partial charge is 0.402 e. The molecule has 0 amide bonds. The minimum Gasteiger partial charge on any atom is -0.464 e. The molecule has 15 nitrogen and oxygen atoms in total. The molecule has 0 aromatic rings. The number of alkyl halides is 10. The quantitative estimate of drug-likeness (QED) is 0.0854. The van der Waals surface area contributed by atoms with Gasteiger partial charge < -0.3 is 42.6 Å². The van der Waals surface area contributed by atoms with Crippen molar-refractivity contribution in [3.8, 4) is 0 Å². The summed E-state index contributed by atoms with van der Waals surface area (Å²) in [4.78, 5) is 42.6. The number of halogens is 10. The Hall–Kier alpha value is -2.62. The average Bonchev–Trinajstić information content (AvgIpc) is 3.50. The Labute approximate surface area is 420 Å². The van der Waals surface area contributed by atoms with Gasteiger partial charge in [0.05, 0.1) is 34.9 Å². The van der Waals surface area contributed by atoms with E-state index in [0.29, 0.717) is 70.6 Å². The van der Waals surface area contributed by atoms with Crippen LogP contribution < -0.4 is 0 Å². The Morgan fingerprint density at radius 2 is 0.932 bits per heavy atom. The summed E-state index contributed by atoms with van der Waals surface area (Å²) in [5, 5.41) is -4.75. The molecule has 8 bridgehead atoms. The zero-order valence-electron chi connectivity index (χ0n) is 40.4. The second kappa shape index (κ2) is 18.8. The van der Waals surface area contributed by atoms with Crippen molar-refractivity contribution >= 4 is 28.0 Å². The summed E-state index contributed by atoms with van der Waals surface area (Å²) >= 11 is 0. The predicted molar refractivity (Wildman–Crippen MR) is 228 cm³/mol. The normalized spacial score (nSPS) is 42.1. The molecule has 3 aliphatic heterocycles. The molecule has 8 aliphatic carbocycles. The van der Waals surface area contributed by atoms with Gasteiger partial charge in [0.1, 0.15) is 39.6 Å². The molecule has 3 saturated heterocycles. The molecule has 0 radical (unpaired) electrons. The van der Waals surface area contributed by atoms with Crippen molar-refractivity contribution in [2.45, 2.75) is 156 Å². The van der Waals surface area contributed by atoms with Gasteiger partial charge in [0.25, 0.3) is 0 Å². The topological polar surface area (TPSA) is 189 Å². The first-order valence-electron chi connectivity index (χ1n) is 25.6. The second-order valence-electron chi connectivity index (χ2n) is 23.9. The molecule has 1 spiro atoms. The van der Waals surface area contributed by atoms with Crippen LogP contribution >= 0.6 is 0 Å². The Kier molecular flexibility index (Phi) is 13.9. The molecule has 26 heteroatoms. The molecule has 8 unspecified atom stereocenters. The van der Waals surface area contributed by atoms with Crippen LogP contribution in [0.5, 0.6) is 0 Å². The number of ether oxygens (including phenoxy) is 9. The first-order chi connectivity index (χ1) is 34.5. The maximum atomic E-state index is 14.5. The number of hydrogen-bond donors (Lipinski definition) is 1. The number of esters is 3. The van der Waals surface area contributed by atoms with Crippen molar-refractivity contribution in [2.75, 3.05) is 59.5 Å². The first kappa shape index (κ1) is 54.7. The van der Waals surface area contributed by atoms with Crippen LogP contribution in [-0.4, -0.2) is 138 Å². The van der Waals surface area contributed by atoms with Crippen LogP contribution in [-0.2, 0) is 67.1 Å². The summed E-state index contributed by atoms with van der Waals surface area (Å²) < 4.78 is 227. The van der Waals surface area contributed by atoms with Gasteiger partial charge in [-0.3, -0.25) is 18.9 Å². The van der Waals surface area contributed by atoms with E-state index >= 15 is 0 Å². The Morgan fingerprint density at radius 1 is 0.527 bits per heavy atom. The SMILES string of the molecule is O=C(OCC(F)(F)S(=O)(=O)O)C12CCCC(CC(C3OCC(COC(=O)C45CCCC(CC(C6OCC(F)(F)C(F)(F)CO6)C4)C5)(COC(=O)C45CC6CC(C4)C4(OCC(F)(F)C(F)(F)CO4)C(C6)C5)CO3)C1)C2. The summed E-state index contributed by atoms with van der Waals surface area (Å²) in [6.07, 6.45) is 3.17. The maximum Gasteiger partial charge on any atom is 0.402 e. The fourth-order valence-corrected chi connectivity index (χ4v) is 15.4. The van der Waals surface area contributed by atoms with Crippen molar-refractivity contribution in [3.05, 3.63) is 0 Å². The van der Waals surface area contributed by atoms with Crippen molar-refractivity contribution in [1.29, 1.82) is 0 Å². The second-order valence-corrected chi connectivity index (χ2v) is 25.5. The molecule has 11 rings (SSSR count). The van der Waals surface area contributed by atoms with Crippen molar-refractivity contribution < 1.29 is 114 Å². The number of carbonyl (C=O) groups is 3. The number of carbonyl (C=O) groups excluding carboxylic acids is 3. The standard InChI is InChI=1S/C48H62F10O15S/c49-43(50)22-67-35(68-23-44(43,51)52)31-8-28-3-1-5-40(11-28,15-31)36(59)69-20-39(18-65-34(66-19-39)30-7-27-4-2-6-41(12-27,14-30)37(60)71-26-47(57,58)74(62,63)64)21-70-38(61)42-13-29-9-32(16-42)48(33(10-29)17-42)72-24-45(53,54)46(55,56)25-73-48/h27-35H,1-26H2,(H,62,63,64). The molecule has 1 N–H and O–H groups in total. The van der Waals surface area contributed by atoms with E-state index in [4.69, 9.17) is 47.2 Å². The molecule has 0 aromatic heterocycles. The highest BCUT2D eigenvalue weighted by Gasteiger charge is 2.71. The lowest BCUT2D eigenvalue weighted by Crippen LogP contribution is -2.65. The van der Waals surface area contributed by atoms with E-state index in [-0.39, 0.29) is 69.5 Å². The highest BCUT2D eigenvalue weighted by Crippen LogP contribution is 2.66. The van der Waals surface area contributed by atoms with E-state index in [0.717, 1.165) is 0 Å². The Bertz CT molecular complexity index is 2200. The highest BCUT2D eigenvalue weighted by atomic mass is 32.2. The van der Waals surface area contributed by atoms with Gasteiger partial charge in [0.2, 0.25) is 0 Å². The van der Waals surface area contributed by atoms with Crippen LogP contribution in [0.1, 0.15) is 109 Å². The van der Waals surface area contributed by atoms with E-state index < -0.39 is 167 Å². The summed E-state index contributed by atoms with van der Waals surface area (Å²) in [5.41, 5.74) is -5.12. The lowest BCUT2D eigenvalue weighted by Gasteiger charge is -2.62. The van der Waals surface area contributed by atoms with Gasteiger partial charge in [0, 0.05) is 23.7 Å². The molecule has 8 atom stereocenters. The molecule has 11 fully saturated rings. The number of fused-ring (bicyclic) bond motifs is 4. The van der Waals surface area contributed by atoms with Crippen LogP contribution in [0.15, 0.2) is 0 Å². The van der Waals surface area contributed by atoms with Crippen molar-refractivity contribution in [1.82, 2.24) is 0 Å². The highest BCUT2D eigenvalue weighted by molar-refractivity contribution is 7.86. The van der Waals surface area contributed by atoms with Gasteiger partial charge in [-0.05, 0) is 101 Å². The van der Waals surface area contributed by atoms with E-state index in [2.05, 4.69) is 0 Å². The maximum absolute atomic E-state index is 14.5. The third-order valence-corrected chi connectivity index (χ3v) is 19.5. The molecule has 8 saturated carbocycles. The largest absolute Gasteiger partial charge is 0.464 e. The van der Waals surface area contributed by atoms with E-state index in [1.165, 1.54) is 0 Å². The lowest BCUT2D eigenvalue weighted by molar-refractivity contribution is -0.346. The van der Waals surface area contributed by atoms with Crippen LogP contribution in [0.2, 0.25) is 0 Å². The molecule has 11 aliphatic rings. The van der Waals surface area contributed by atoms with Gasteiger partial charge in [-0.2, -0.15) is 52.3 Å². The molecular weight excluding hydrogens is 1040 g/mol. The summed E-state index contributed by atoms with van der Waals surface area (Å²) in [7, 11) is -5.89. The fraction of sp³-hybridized carbons (Fsp3) is 0.938. The van der Waals surface area contributed by atoms with Crippen LogP contribution in [0.25, 0.3) is 0 Å². The van der Waals surface area contributed by atoms with E-state index in [1.54, 1.807) is 0 Å². The van der Waals surface area contributed by atoms with Crippen molar-refractivity contribution in [3.63, 3.8) is 0 Å². The Balaban J connectivity index is 0.855. The van der Waals surface area contributed by atoms with Crippen LogP contribution in [0.3, 0.4) is 0 Å². The zero-order valence-corrected chi connectivity index (χ0v) is 41.2. The van der Waals surface area contributed by atoms with Gasteiger partial charge in [0.15, 0.2) is 25.0 Å². The van der Waals surface area contributed by atoms with Crippen LogP contribution in [0, 0.1) is 63.1 Å². The zero-order chi connectivity index (χ0) is 53.2. The summed E-state index contributed by atoms with van der Waals surface area (Å²) in [6, 6.07) is 0. The first-order valence-corrected chi connectivity index (χ1v) is 27.0. The van der Waals surface area contributed by atoms with Crippen molar-refractivity contribution in [2.24, 2.45) is 63.1 Å². The van der Waals surface area contributed by atoms with E-state index in [9.17, 15) is 66.7 Å². The molecule has 420 valence electrons. The van der Waals surface area contributed by atoms with Gasteiger partial charge in [-0.15, -0.1) is 0 Å². The lowest BCUT2D eigenvalue weighted by atomic mass is 9.47. The van der Waals surface area contributed by atoms with Crippen LogP contribution in [0.4, 0.5) is 43.9 Å². The minimum absolute atomic E-state index is 0.0118. The third-order valence-electron chi connectivity index (χ3n) is 18.6. The van der Waals surface area contributed by atoms with E-state index in [1.807, 2.05) is 0 Å². The summed E-state index contributed by atoms with van der Waals surface area (Å²) in [6.45, 7) is -9.66. The van der Waals surface area contributed by atoms with Gasteiger partial charge >= 0.3 is 57.0 Å². The fourth-order valence-electron chi connectivity index (χ4n) is 15.1. The molecule has 74 heavy (non-hydrogen) atoms. The molecule has 0 aromatic carbocycles. The summed E-state index contributed by atoms with van der Waals surface area (Å²) in [5.74, 6) is -25.1. The van der Waals surface area contributed by atoms with Gasteiger partial charge in [-0.25, -0.2) is 0 Å². The molecule has 3 heterocycles. The minimum atomic E-state index is -5.89. The molecular formula is C48H62F10O15S. The number of rotatable bonds is 12. The third kappa shape index (κ3) is 9.65. The predicted octanol–water partition coefficient (Wildman–Crippen LogP) is 8.11.